The molecule has 0 N–H and O–H groups in total. The van der Waals surface area contributed by atoms with Crippen LogP contribution >= 0.6 is 11.6 Å². The average molecular weight is 272 g/mol. The van der Waals surface area contributed by atoms with E-state index in [1.807, 2.05) is 6.07 Å². The van der Waals surface area contributed by atoms with Crippen LogP contribution in [0.5, 0.6) is 0 Å². The summed E-state index contributed by atoms with van der Waals surface area (Å²) in [5, 5.41) is 0.492. The van der Waals surface area contributed by atoms with Crippen LogP contribution in [0.15, 0.2) is 6.07 Å². The second kappa shape index (κ2) is 6.90. The molecule has 1 aromatic heterocycles. The molecule has 0 saturated heterocycles. The molecule has 0 aliphatic carbocycles. The van der Waals surface area contributed by atoms with Crippen molar-refractivity contribution in [1.82, 2.24) is 9.97 Å². The fourth-order valence-corrected chi connectivity index (χ4v) is 1.84. The molecule has 0 fully saturated rings. The van der Waals surface area contributed by atoms with Gasteiger partial charge in [-0.1, -0.05) is 25.4 Å². The summed E-state index contributed by atoms with van der Waals surface area (Å²) in [7, 11) is 1.70. The Labute approximate surface area is 114 Å². The maximum Gasteiger partial charge on any atom is 0.135 e. The molecule has 0 unspecified atom stereocenters. The number of ether oxygens (including phenoxy) is 1. The molecular weight excluding hydrogens is 250 g/mol. The molecule has 1 rings (SSSR count). The molecule has 0 spiro atoms. The SMILES string of the molecule is COCCN(c1cc(Cl)nc(C(C)C)n1)C(C)C. The number of nitrogens with zero attached hydrogens (tertiary/aromatic N) is 3. The Bertz CT molecular complexity index is 382. The number of aromatic nitrogens is 2. The Morgan fingerprint density at radius 3 is 2.44 bits per heavy atom. The number of rotatable bonds is 6. The second-order valence-corrected chi connectivity index (χ2v) is 5.23. The molecule has 0 amide bonds. The van der Waals surface area contributed by atoms with Crippen LogP contribution in [0.25, 0.3) is 0 Å². The summed E-state index contributed by atoms with van der Waals surface area (Å²) in [6.07, 6.45) is 0. The van der Waals surface area contributed by atoms with Crippen LogP contribution in [-0.4, -0.2) is 36.3 Å². The van der Waals surface area contributed by atoms with E-state index in [9.17, 15) is 0 Å². The van der Waals surface area contributed by atoms with E-state index in [1.165, 1.54) is 0 Å². The van der Waals surface area contributed by atoms with E-state index >= 15 is 0 Å². The molecule has 18 heavy (non-hydrogen) atoms. The number of anilines is 1. The van der Waals surface area contributed by atoms with E-state index in [1.54, 1.807) is 7.11 Å². The number of hydrogen-bond donors (Lipinski definition) is 0. The van der Waals surface area contributed by atoms with Gasteiger partial charge in [0.2, 0.25) is 0 Å². The van der Waals surface area contributed by atoms with Crippen LogP contribution in [0.4, 0.5) is 5.82 Å². The lowest BCUT2D eigenvalue weighted by atomic mass is 10.2. The molecule has 0 saturated carbocycles. The van der Waals surface area contributed by atoms with Crippen molar-refractivity contribution < 1.29 is 4.74 Å². The molecule has 0 radical (unpaired) electrons. The minimum Gasteiger partial charge on any atom is -0.383 e. The smallest absolute Gasteiger partial charge is 0.135 e. The van der Waals surface area contributed by atoms with Gasteiger partial charge in [-0.25, -0.2) is 9.97 Å². The van der Waals surface area contributed by atoms with E-state index in [-0.39, 0.29) is 5.92 Å². The van der Waals surface area contributed by atoms with Gasteiger partial charge < -0.3 is 9.64 Å². The summed E-state index contributed by atoms with van der Waals surface area (Å²) >= 11 is 6.07. The third kappa shape index (κ3) is 4.10. The topological polar surface area (TPSA) is 38.2 Å². The Morgan fingerprint density at radius 2 is 1.94 bits per heavy atom. The standard InChI is InChI=1S/C13H22ClN3O/c1-9(2)13-15-11(14)8-12(16-13)17(10(3)4)6-7-18-5/h8-10H,6-7H2,1-5H3. The van der Waals surface area contributed by atoms with Crippen LogP contribution in [0.1, 0.15) is 39.4 Å². The highest BCUT2D eigenvalue weighted by molar-refractivity contribution is 6.29. The van der Waals surface area contributed by atoms with Crippen LogP contribution < -0.4 is 4.90 Å². The average Bonchev–Trinajstić information content (AvgIpc) is 2.28. The highest BCUT2D eigenvalue weighted by atomic mass is 35.5. The molecular formula is C13H22ClN3O. The molecule has 1 heterocycles. The lowest BCUT2D eigenvalue weighted by Gasteiger charge is -2.28. The molecule has 0 bridgehead atoms. The van der Waals surface area contributed by atoms with Gasteiger partial charge in [0.25, 0.3) is 0 Å². The van der Waals surface area contributed by atoms with Gasteiger partial charge in [0.1, 0.15) is 16.8 Å². The van der Waals surface area contributed by atoms with Gasteiger partial charge in [-0.15, -0.1) is 0 Å². The van der Waals surface area contributed by atoms with Gasteiger partial charge in [0.15, 0.2) is 0 Å². The Kier molecular flexibility index (Phi) is 5.82. The van der Waals surface area contributed by atoms with Crippen LogP contribution in [-0.2, 0) is 4.74 Å². The minimum atomic E-state index is 0.263. The summed E-state index contributed by atoms with van der Waals surface area (Å²) in [6.45, 7) is 9.83. The normalized spacial score (nSPS) is 11.3. The minimum absolute atomic E-state index is 0.263. The summed E-state index contributed by atoms with van der Waals surface area (Å²) in [5.41, 5.74) is 0. The van der Waals surface area contributed by atoms with Crippen LogP contribution in [0.3, 0.4) is 0 Å². The predicted octanol–water partition coefficient (Wildman–Crippen LogP) is 3.11. The monoisotopic (exact) mass is 271 g/mol. The molecule has 4 nitrogen and oxygen atoms in total. The maximum atomic E-state index is 6.07. The fourth-order valence-electron chi connectivity index (χ4n) is 1.66. The molecule has 0 atom stereocenters. The first-order valence-electron chi connectivity index (χ1n) is 6.25. The van der Waals surface area contributed by atoms with Gasteiger partial charge in [-0.05, 0) is 13.8 Å². The Morgan fingerprint density at radius 1 is 1.28 bits per heavy atom. The Balaban J connectivity index is 3.03. The van der Waals surface area contributed by atoms with E-state index in [2.05, 4.69) is 42.6 Å². The zero-order valence-electron chi connectivity index (χ0n) is 11.8. The van der Waals surface area contributed by atoms with Crippen LogP contribution in [0, 0.1) is 0 Å². The van der Waals surface area contributed by atoms with Crippen molar-refractivity contribution in [2.75, 3.05) is 25.2 Å². The van der Waals surface area contributed by atoms with Crippen molar-refractivity contribution in [2.24, 2.45) is 0 Å². The largest absolute Gasteiger partial charge is 0.383 e. The van der Waals surface area contributed by atoms with Gasteiger partial charge >= 0.3 is 0 Å². The summed E-state index contributed by atoms with van der Waals surface area (Å²) in [6, 6.07) is 2.15. The molecule has 5 heteroatoms. The second-order valence-electron chi connectivity index (χ2n) is 4.84. The number of hydrogen-bond acceptors (Lipinski definition) is 4. The van der Waals surface area contributed by atoms with Gasteiger partial charge in [-0.3, -0.25) is 0 Å². The third-order valence-corrected chi connectivity index (χ3v) is 2.86. The zero-order chi connectivity index (χ0) is 13.7. The van der Waals surface area contributed by atoms with E-state index in [0.29, 0.717) is 17.8 Å². The summed E-state index contributed by atoms with van der Waals surface area (Å²) < 4.78 is 5.13. The van der Waals surface area contributed by atoms with Crippen molar-refractivity contribution in [3.8, 4) is 0 Å². The van der Waals surface area contributed by atoms with Crippen molar-refractivity contribution in [3.05, 3.63) is 17.0 Å². The lowest BCUT2D eigenvalue weighted by Crippen LogP contribution is -2.34. The predicted molar refractivity (Wildman–Crippen MR) is 75.5 cm³/mol. The number of halogens is 1. The molecule has 102 valence electrons. The van der Waals surface area contributed by atoms with Gasteiger partial charge in [0, 0.05) is 31.7 Å². The summed E-state index contributed by atoms with van der Waals surface area (Å²) in [4.78, 5) is 11.0. The molecule has 0 aromatic carbocycles. The maximum absolute atomic E-state index is 6.07. The first-order valence-corrected chi connectivity index (χ1v) is 6.63. The van der Waals surface area contributed by atoms with E-state index < -0.39 is 0 Å². The van der Waals surface area contributed by atoms with Crippen LogP contribution in [0.2, 0.25) is 5.15 Å². The van der Waals surface area contributed by atoms with Gasteiger partial charge in [-0.2, -0.15) is 0 Å². The molecule has 0 aliphatic heterocycles. The molecule has 0 aliphatic rings. The lowest BCUT2D eigenvalue weighted by molar-refractivity contribution is 0.203. The summed E-state index contributed by atoms with van der Waals surface area (Å²) in [5.74, 6) is 1.91. The third-order valence-electron chi connectivity index (χ3n) is 2.67. The van der Waals surface area contributed by atoms with E-state index in [4.69, 9.17) is 16.3 Å². The van der Waals surface area contributed by atoms with Crippen molar-refractivity contribution in [3.63, 3.8) is 0 Å². The zero-order valence-corrected chi connectivity index (χ0v) is 12.5. The van der Waals surface area contributed by atoms with Crippen molar-refractivity contribution in [1.29, 1.82) is 0 Å². The highest BCUT2D eigenvalue weighted by Gasteiger charge is 2.15. The van der Waals surface area contributed by atoms with Crippen molar-refractivity contribution >= 4 is 17.4 Å². The highest BCUT2D eigenvalue weighted by Crippen LogP contribution is 2.21. The first-order chi connectivity index (χ1) is 8.45. The number of methoxy groups -OCH3 is 1. The quantitative estimate of drug-likeness (QED) is 0.745. The molecule has 1 aromatic rings. The fraction of sp³-hybridized carbons (Fsp3) is 0.692. The first kappa shape index (κ1) is 15.2. The Hall–Kier alpha value is -0.870. The van der Waals surface area contributed by atoms with Crippen molar-refractivity contribution in [2.45, 2.75) is 39.7 Å². The van der Waals surface area contributed by atoms with Gasteiger partial charge in [0.05, 0.1) is 6.61 Å². The van der Waals surface area contributed by atoms with E-state index in [0.717, 1.165) is 18.2 Å².